The molecule has 0 aliphatic carbocycles. The van der Waals surface area contributed by atoms with Crippen molar-refractivity contribution in [2.75, 3.05) is 19.8 Å². The summed E-state index contributed by atoms with van der Waals surface area (Å²) in [4.78, 5) is 0. The highest BCUT2D eigenvalue weighted by atomic mass is 19.1. The Morgan fingerprint density at radius 3 is 2.88 bits per heavy atom. The summed E-state index contributed by atoms with van der Waals surface area (Å²) in [6.07, 6.45) is 0.651. The SMILES string of the molecule is CCNC(CO)CCOc1cccc(C)c1F. The van der Waals surface area contributed by atoms with Crippen LogP contribution in [-0.4, -0.2) is 30.9 Å². The minimum absolute atomic E-state index is 0.00729. The Kier molecular flexibility index (Phi) is 5.94. The summed E-state index contributed by atoms with van der Waals surface area (Å²) in [5, 5.41) is 12.2. The van der Waals surface area contributed by atoms with Crippen molar-refractivity contribution in [3.05, 3.63) is 29.6 Å². The molecular weight excluding hydrogens is 221 g/mol. The van der Waals surface area contributed by atoms with Crippen LogP contribution in [0.3, 0.4) is 0 Å². The number of aliphatic hydroxyl groups excluding tert-OH is 1. The van der Waals surface area contributed by atoms with Crippen LogP contribution in [0.15, 0.2) is 18.2 Å². The second-order valence-corrected chi connectivity index (χ2v) is 3.96. The van der Waals surface area contributed by atoms with E-state index in [1.54, 1.807) is 25.1 Å². The summed E-state index contributed by atoms with van der Waals surface area (Å²) in [7, 11) is 0. The van der Waals surface area contributed by atoms with E-state index in [2.05, 4.69) is 5.32 Å². The van der Waals surface area contributed by atoms with Gasteiger partial charge in [0.25, 0.3) is 0 Å². The molecule has 0 heterocycles. The quantitative estimate of drug-likeness (QED) is 0.765. The standard InChI is InChI=1S/C13H20FNO2/c1-3-15-11(9-16)7-8-17-12-6-4-5-10(2)13(12)14/h4-6,11,15-16H,3,7-9H2,1-2H3. The zero-order chi connectivity index (χ0) is 12.7. The largest absolute Gasteiger partial charge is 0.490 e. The molecule has 0 bridgehead atoms. The van der Waals surface area contributed by atoms with Gasteiger partial charge in [-0.25, -0.2) is 4.39 Å². The lowest BCUT2D eigenvalue weighted by atomic mass is 10.2. The molecule has 17 heavy (non-hydrogen) atoms. The summed E-state index contributed by atoms with van der Waals surface area (Å²) in [6.45, 7) is 4.93. The summed E-state index contributed by atoms with van der Waals surface area (Å²) in [5.41, 5.74) is 0.577. The van der Waals surface area contributed by atoms with Crippen LogP contribution in [0, 0.1) is 12.7 Å². The Labute approximate surface area is 102 Å². The van der Waals surface area contributed by atoms with Gasteiger partial charge in [0.05, 0.1) is 13.2 Å². The first-order valence-electron chi connectivity index (χ1n) is 5.91. The highest BCUT2D eigenvalue weighted by Crippen LogP contribution is 2.19. The van der Waals surface area contributed by atoms with E-state index in [4.69, 9.17) is 9.84 Å². The van der Waals surface area contributed by atoms with Gasteiger partial charge in [0.15, 0.2) is 11.6 Å². The fourth-order valence-electron chi connectivity index (χ4n) is 1.59. The Morgan fingerprint density at radius 2 is 2.24 bits per heavy atom. The third-order valence-corrected chi connectivity index (χ3v) is 2.59. The van der Waals surface area contributed by atoms with Crippen molar-refractivity contribution in [2.45, 2.75) is 26.3 Å². The molecule has 4 heteroatoms. The maximum absolute atomic E-state index is 13.6. The fraction of sp³-hybridized carbons (Fsp3) is 0.538. The zero-order valence-corrected chi connectivity index (χ0v) is 10.4. The molecule has 1 atom stereocenters. The molecule has 0 saturated carbocycles. The Morgan fingerprint density at radius 1 is 1.47 bits per heavy atom. The molecule has 0 radical (unpaired) electrons. The second-order valence-electron chi connectivity index (χ2n) is 3.96. The number of likely N-dealkylation sites (N-methyl/N-ethyl adjacent to an activating group) is 1. The number of hydrogen-bond donors (Lipinski definition) is 2. The van der Waals surface area contributed by atoms with E-state index < -0.39 is 0 Å². The first-order chi connectivity index (χ1) is 8.19. The van der Waals surface area contributed by atoms with Gasteiger partial charge in [-0.2, -0.15) is 0 Å². The van der Waals surface area contributed by atoms with Gasteiger partial charge >= 0.3 is 0 Å². The van der Waals surface area contributed by atoms with Crippen molar-refractivity contribution in [3.63, 3.8) is 0 Å². The van der Waals surface area contributed by atoms with Crippen LogP contribution < -0.4 is 10.1 Å². The van der Waals surface area contributed by atoms with Gasteiger partial charge in [0.2, 0.25) is 0 Å². The number of hydrogen-bond acceptors (Lipinski definition) is 3. The van der Waals surface area contributed by atoms with Crippen molar-refractivity contribution in [2.24, 2.45) is 0 Å². The number of aliphatic hydroxyl groups is 1. The van der Waals surface area contributed by atoms with Crippen LogP contribution in [0.2, 0.25) is 0 Å². The van der Waals surface area contributed by atoms with Gasteiger partial charge in [0, 0.05) is 6.04 Å². The van der Waals surface area contributed by atoms with Crippen LogP contribution >= 0.6 is 0 Å². The Bertz CT molecular complexity index is 344. The lowest BCUT2D eigenvalue weighted by Gasteiger charge is -2.15. The van der Waals surface area contributed by atoms with Gasteiger partial charge < -0.3 is 15.2 Å². The first kappa shape index (κ1) is 13.9. The van der Waals surface area contributed by atoms with Crippen LogP contribution in [-0.2, 0) is 0 Å². The summed E-state index contributed by atoms with van der Waals surface area (Å²) < 4.78 is 18.9. The molecule has 1 rings (SSSR count). The number of aryl methyl sites for hydroxylation is 1. The smallest absolute Gasteiger partial charge is 0.167 e. The molecule has 1 aromatic rings. The predicted octanol–water partition coefficient (Wildman–Crippen LogP) is 1.87. The number of rotatable bonds is 7. The van der Waals surface area contributed by atoms with E-state index in [0.717, 1.165) is 6.54 Å². The monoisotopic (exact) mass is 241 g/mol. The molecule has 1 aromatic carbocycles. The molecule has 2 N–H and O–H groups in total. The Balaban J connectivity index is 2.42. The summed E-state index contributed by atoms with van der Waals surface area (Å²) in [5.74, 6) is -0.0327. The molecule has 3 nitrogen and oxygen atoms in total. The van der Waals surface area contributed by atoms with Crippen molar-refractivity contribution in [3.8, 4) is 5.75 Å². The van der Waals surface area contributed by atoms with Gasteiger partial charge in [-0.1, -0.05) is 19.1 Å². The highest BCUT2D eigenvalue weighted by Gasteiger charge is 2.08. The minimum Gasteiger partial charge on any atom is -0.490 e. The van der Waals surface area contributed by atoms with Gasteiger partial charge in [-0.05, 0) is 31.5 Å². The van der Waals surface area contributed by atoms with Gasteiger partial charge in [-0.3, -0.25) is 0 Å². The van der Waals surface area contributed by atoms with Crippen LogP contribution in [0.1, 0.15) is 18.9 Å². The van der Waals surface area contributed by atoms with Gasteiger partial charge in [0.1, 0.15) is 0 Å². The van der Waals surface area contributed by atoms with E-state index in [9.17, 15) is 4.39 Å². The molecule has 0 aromatic heterocycles. The predicted molar refractivity (Wildman–Crippen MR) is 65.8 cm³/mol. The molecule has 0 fully saturated rings. The third-order valence-electron chi connectivity index (χ3n) is 2.59. The molecule has 0 saturated heterocycles. The maximum Gasteiger partial charge on any atom is 0.167 e. The summed E-state index contributed by atoms with van der Waals surface area (Å²) in [6, 6.07) is 5.09. The van der Waals surface area contributed by atoms with Crippen LogP contribution in [0.5, 0.6) is 5.75 Å². The lowest BCUT2D eigenvalue weighted by Crippen LogP contribution is -2.33. The average molecular weight is 241 g/mol. The van der Waals surface area contributed by atoms with Crippen molar-refractivity contribution < 1.29 is 14.2 Å². The molecule has 0 aliphatic rings. The van der Waals surface area contributed by atoms with E-state index in [0.29, 0.717) is 18.6 Å². The van der Waals surface area contributed by atoms with Crippen molar-refractivity contribution in [1.29, 1.82) is 0 Å². The molecule has 0 aliphatic heterocycles. The lowest BCUT2D eigenvalue weighted by molar-refractivity contribution is 0.207. The molecule has 96 valence electrons. The number of halogens is 1. The van der Waals surface area contributed by atoms with E-state index in [-0.39, 0.29) is 24.2 Å². The molecule has 1 unspecified atom stereocenters. The average Bonchev–Trinajstić information content (AvgIpc) is 2.33. The Hall–Kier alpha value is -1.13. The van der Waals surface area contributed by atoms with Crippen molar-refractivity contribution >= 4 is 0 Å². The van der Waals surface area contributed by atoms with Crippen LogP contribution in [0.25, 0.3) is 0 Å². The summed E-state index contributed by atoms with van der Waals surface area (Å²) >= 11 is 0. The second kappa shape index (κ2) is 7.25. The molecule has 0 amide bonds. The number of nitrogens with one attached hydrogen (secondary N) is 1. The third kappa shape index (κ3) is 4.32. The normalized spacial score (nSPS) is 12.5. The van der Waals surface area contributed by atoms with Crippen LogP contribution in [0.4, 0.5) is 4.39 Å². The molecular formula is C13H20FNO2. The topological polar surface area (TPSA) is 41.5 Å². The zero-order valence-electron chi connectivity index (χ0n) is 10.4. The van der Waals surface area contributed by atoms with Crippen molar-refractivity contribution in [1.82, 2.24) is 5.32 Å². The number of ether oxygens (including phenoxy) is 1. The van der Waals surface area contributed by atoms with E-state index in [1.165, 1.54) is 0 Å². The van der Waals surface area contributed by atoms with Gasteiger partial charge in [-0.15, -0.1) is 0 Å². The maximum atomic E-state index is 13.6. The van der Waals surface area contributed by atoms with E-state index >= 15 is 0 Å². The fourth-order valence-corrected chi connectivity index (χ4v) is 1.59. The van der Waals surface area contributed by atoms with E-state index in [1.807, 2.05) is 6.92 Å². The minimum atomic E-state index is -0.309. The highest BCUT2D eigenvalue weighted by molar-refractivity contribution is 5.29. The number of benzene rings is 1. The molecule has 0 spiro atoms. The first-order valence-corrected chi connectivity index (χ1v) is 5.91.